The maximum atomic E-state index is 11.7. The first-order chi connectivity index (χ1) is 12.7. The van der Waals surface area contributed by atoms with Gasteiger partial charge in [-0.05, 0) is 74.5 Å². The van der Waals surface area contributed by atoms with E-state index in [4.69, 9.17) is 4.74 Å². The van der Waals surface area contributed by atoms with E-state index in [1.165, 1.54) is 0 Å². The Morgan fingerprint density at radius 1 is 1.07 bits per heavy atom. The van der Waals surface area contributed by atoms with Gasteiger partial charge >= 0.3 is 0 Å². The Balaban J connectivity index is 1.65. The molecule has 4 saturated carbocycles. The molecule has 0 aromatic carbocycles. The molecular formula is C21H35NO5. The van der Waals surface area contributed by atoms with Crippen LogP contribution in [0.2, 0.25) is 0 Å². The molecule has 0 aliphatic heterocycles. The summed E-state index contributed by atoms with van der Waals surface area (Å²) in [4.78, 5) is 11.6. The summed E-state index contributed by atoms with van der Waals surface area (Å²) in [5.41, 5.74) is -0.448. The summed E-state index contributed by atoms with van der Waals surface area (Å²) >= 11 is 0. The van der Waals surface area contributed by atoms with Crippen molar-refractivity contribution in [3.05, 3.63) is 10.1 Å². The van der Waals surface area contributed by atoms with E-state index in [0.717, 1.165) is 32.1 Å². The number of nitrogens with zero attached hydrogens (tertiary/aromatic N) is 1. The van der Waals surface area contributed by atoms with Crippen LogP contribution in [0.25, 0.3) is 0 Å². The van der Waals surface area contributed by atoms with Gasteiger partial charge < -0.3 is 14.9 Å². The SMILES string of the molecule is CCO[C@H]1C[C@@]2(C)[C@@H](CC[C@@H]3[C@@H]2[C@@H](O)C[C@]2(C)[C@@H]([N+](=O)[O-])CC[C@@H]32)C[C@@H]1O. The molecule has 10 atom stereocenters. The lowest BCUT2D eigenvalue weighted by molar-refractivity contribution is -0.541. The number of aliphatic hydroxyl groups is 2. The van der Waals surface area contributed by atoms with Crippen LogP contribution in [0.3, 0.4) is 0 Å². The van der Waals surface area contributed by atoms with Gasteiger partial charge in [0.25, 0.3) is 0 Å². The highest BCUT2D eigenvalue weighted by Gasteiger charge is 2.66. The van der Waals surface area contributed by atoms with Crippen LogP contribution in [-0.4, -0.2) is 46.1 Å². The van der Waals surface area contributed by atoms with Gasteiger partial charge in [0.1, 0.15) is 0 Å². The summed E-state index contributed by atoms with van der Waals surface area (Å²) in [5.74, 6) is 1.24. The Hall–Kier alpha value is -0.720. The van der Waals surface area contributed by atoms with Crippen LogP contribution in [-0.2, 0) is 4.74 Å². The minimum Gasteiger partial charge on any atom is -0.393 e. The molecule has 4 rings (SSSR count). The lowest BCUT2D eigenvalue weighted by atomic mass is 9.44. The van der Waals surface area contributed by atoms with Gasteiger partial charge in [-0.15, -0.1) is 0 Å². The predicted molar refractivity (Wildman–Crippen MR) is 101 cm³/mol. The van der Waals surface area contributed by atoms with E-state index in [1.54, 1.807) is 0 Å². The van der Waals surface area contributed by atoms with Crippen molar-refractivity contribution in [3.63, 3.8) is 0 Å². The third-order valence-electron chi connectivity index (χ3n) is 9.17. The van der Waals surface area contributed by atoms with Gasteiger partial charge in [-0.2, -0.15) is 0 Å². The van der Waals surface area contributed by atoms with E-state index in [-0.39, 0.29) is 27.8 Å². The lowest BCUT2D eigenvalue weighted by Gasteiger charge is -2.62. The fraction of sp³-hybridized carbons (Fsp3) is 1.00. The number of rotatable bonds is 3. The molecule has 4 aliphatic carbocycles. The van der Waals surface area contributed by atoms with Gasteiger partial charge in [-0.25, -0.2) is 0 Å². The maximum Gasteiger partial charge on any atom is 0.218 e. The van der Waals surface area contributed by atoms with Crippen molar-refractivity contribution >= 4 is 0 Å². The molecule has 0 saturated heterocycles. The summed E-state index contributed by atoms with van der Waals surface area (Å²) in [6.07, 6.45) is 4.62. The molecule has 0 amide bonds. The molecule has 2 N–H and O–H groups in total. The Bertz CT molecular complexity index is 599. The largest absolute Gasteiger partial charge is 0.393 e. The zero-order valence-electron chi connectivity index (χ0n) is 16.8. The minimum absolute atomic E-state index is 0.0601. The van der Waals surface area contributed by atoms with Crippen LogP contribution in [0.4, 0.5) is 0 Å². The van der Waals surface area contributed by atoms with Crippen LogP contribution < -0.4 is 0 Å². The molecule has 6 heteroatoms. The second-order valence-electron chi connectivity index (χ2n) is 10.2. The molecule has 0 bridgehead atoms. The number of aliphatic hydroxyl groups excluding tert-OH is 2. The first-order valence-corrected chi connectivity index (χ1v) is 10.8. The summed E-state index contributed by atoms with van der Waals surface area (Å²) in [6, 6.07) is -0.520. The van der Waals surface area contributed by atoms with Crippen molar-refractivity contribution in [3.8, 4) is 0 Å². The summed E-state index contributed by atoms with van der Waals surface area (Å²) in [6.45, 7) is 6.89. The van der Waals surface area contributed by atoms with Crippen LogP contribution in [0.15, 0.2) is 0 Å². The molecule has 0 unspecified atom stereocenters. The molecule has 0 heterocycles. The Labute approximate surface area is 161 Å². The quantitative estimate of drug-likeness (QED) is 0.579. The highest BCUT2D eigenvalue weighted by atomic mass is 16.6. The van der Waals surface area contributed by atoms with E-state index in [9.17, 15) is 20.3 Å². The summed E-state index contributed by atoms with van der Waals surface area (Å²) < 4.78 is 5.86. The van der Waals surface area contributed by atoms with E-state index >= 15 is 0 Å². The molecule has 0 aromatic heterocycles. The lowest BCUT2D eigenvalue weighted by Crippen LogP contribution is -2.61. The maximum absolute atomic E-state index is 11.7. The normalized spacial score (nSPS) is 54.7. The average molecular weight is 382 g/mol. The number of hydrogen-bond acceptors (Lipinski definition) is 5. The van der Waals surface area contributed by atoms with Crippen LogP contribution in [0.1, 0.15) is 65.7 Å². The second-order valence-corrected chi connectivity index (χ2v) is 10.2. The number of nitro groups is 1. The summed E-state index contributed by atoms with van der Waals surface area (Å²) in [7, 11) is 0. The third-order valence-corrected chi connectivity index (χ3v) is 9.17. The van der Waals surface area contributed by atoms with Crippen molar-refractivity contribution in [2.24, 2.45) is 34.5 Å². The Morgan fingerprint density at radius 2 is 1.81 bits per heavy atom. The van der Waals surface area contributed by atoms with Crippen molar-refractivity contribution in [2.45, 2.75) is 90.1 Å². The number of ether oxygens (including phenoxy) is 1. The highest BCUT2D eigenvalue weighted by Crippen LogP contribution is 2.66. The second kappa shape index (κ2) is 6.67. The smallest absolute Gasteiger partial charge is 0.218 e. The van der Waals surface area contributed by atoms with E-state index in [1.807, 2.05) is 6.92 Å². The Kier molecular flexibility index (Phi) is 4.84. The summed E-state index contributed by atoms with van der Waals surface area (Å²) in [5, 5.41) is 33.5. The van der Waals surface area contributed by atoms with Gasteiger partial charge in [0.2, 0.25) is 6.04 Å². The fourth-order valence-corrected chi connectivity index (χ4v) is 8.09. The fourth-order valence-electron chi connectivity index (χ4n) is 8.09. The first kappa shape index (κ1) is 19.6. The van der Waals surface area contributed by atoms with Gasteiger partial charge in [-0.1, -0.05) is 13.8 Å². The topological polar surface area (TPSA) is 92.8 Å². The first-order valence-electron chi connectivity index (χ1n) is 10.8. The van der Waals surface area contributed by atoms with Gasteiger partial charge in [0, 0.05) is 23.4 Å². The zero-order valence-corrected chi connectivity index (χ0v) is 16.8. The molecule has 6 nitrogen and oxygen atoms in total. The van der Waals surface area contributed by atoms with E-state index in [2.05, 4.69) is 13.8 Å². The van der Waals surface area contributed by atoms with Crippen LogP contribution >= 0.6 is 0 Å². The monoisotopic (exact) mass is 381 g/mol. The van der Waals surface area contributed by atoms with Crippen molar-refractivity contribution in [2.75, 3.05) is 6.61 Å². The number of hydrogen-bond donors (Lipinski definition) is 2. The molecule has 0 aromatic rings. The standard InChI is InChI=1S/C21H35NO5/c1-4-27-17-11-20(2)12(9-15(17)23)5-6-13-14-7-8-18(22(25)26)21(14,3)10-16(24)19(13)20/h12-19,23-24H,4-11H2,1-3H3/t12-,13-,14-,15-,16-,17-,18-,19+,20-,21-/m0/s1. The molecule has 154 valence electrons. The predicted octanol–water partition coefficient (Wildman–Crippen LogP) is 3.02. The van der Waals surface area contributed by atoms with Crippen molar-refractivity contribution in [1.29, 1.82) is 0 Å². The van der Waals surface area contributed by atoms with Gasteiger partial charge in [-0.3, -0.25) is 10.1 Å². The third kappa shape index (κ3) is 2.77. The van der Waals surface area contributed by atoms with Crippen molar-refractivity contribution in [1.82, 2.24) is 0 Å². The van der Waals surface area contributed by atoms with Crippen LogP contribution in [0, 0.1) is 44.6 Å². The molecule has 0 spiro atoms. The van der Waals surface area contributed by atoms with Crippen molar-refractivity contribution < 1.29 is 19.9 Å². The van der Waals surface area contributed by atoms with Gasteiger partial charge in [0.05, 0.1) is 18.3 Å². The molecule has 0 radical (unpaired) electrons. The molecular weight excluding hydrogens is 346 g/mol. The molecule has 27 heavy (non-hydrogen) atoms. The number of fused-ring (bicyclic) bond motifs is 5. The minimum atomic E-state index is -0.520. The highest BCUT2D eigenvalue weighted by molar-refractivity contribution is 5.13. The van der Waals surface area contributed by atoms with Crippen LogP contribution in [0.5, 0.6) is 0 Å². The van der Waals surface area contributed by atoms with Gasteiger partial charge in [0.15, 0.2) is 0 Å². The molecule has 4 fully saturated rings. The zero-order chi connectivity index (χ0) is 19.6. The molecule has 4 aliphatic rings. The van der Waals surface area contributed by atoms with E-state index in [0.29, 0.717) is 37.2 Å². The average Bonchev–Trinajstić information content (AvgIpc) is 2.92. The van der Waals surface area contributed by atoms with E-state index < -0.39 is 18.2 Å². The Morgan fingerprint density at radius 3 is 2.48 bits per heavy atom.